The van der Waals surface area contributed by atoms with Crippen molar-refractivity contribution in [3.63, 3.8) is 0 Å². The molecule has 1 N–H and O–H groups in total. The van der Waals surface area contributed by atoms with E-state index >= 15 is 0 Å². The molecule has 0 aliphatic carbocycles. The van der Waals surface area contributed by atoms with Crippen LogP contribution in [0.3, 0.4) is 0 Å². The highest BCUT2D eigenvalue weighted by Crippen LogP contribution is 2.21. The highest BCUT2D eigenvalue weighted by Gasteiger charge is 2.00. The molecule has 0 saturated carbocycles. The molecule has 0 heterocycles. The van der Waals surface area contributed by atoms with Gasteiger partial charge in [-0.3, -0.25) is 0 Å². The van der Waals surface area contributed by atoms with Crippen LogP contribution in [0.4, 0.5) is 0 Å². The van der Waals surface area contributed by atoms with Crippen LogP contribution >= 0.6 is 11.6 Å². The van der Waals surface area contributed by atoms with E-state index in [1.165, 1.54) is 16.7 Å². The van der Waals surface area contributed by atoms with Gasteiger partial charge >= 0.3 is 0 Å². The number of aryl methyl sites for hydroxylation is 2. The van der Waals surface area contributed by atoms with Crippen molar-refractivity contribution in [1.82, 2.24) is 0 Å². The summed E-state index contributed by atoms with van der Waals surface area (Å²) in [7, 11) is 0. The predicted molar refractivity (Wildman–Crippen MR) is 61.7 cm³/mol. The Morgan fingerprint density at radius 3 is 2.36 bits per heavy atom. The molecule has 1 nitrogen and oxygen atoms in total. The van der Waals surface area contributed by atoms with Crippen molar-refractivity contribution in [1.29, 1.82) is 0 Å². The predicted octanol–water partition coefficient (Wildman–Crippen LogP) is 3.35. The molecule has 0 saturated heterocycles. The maximum absolute atomic E-state index is 8.65. The zero-order valence-corrected chi connectivity index (χ0v) is 9.30. The number of hydrogen-bond acceptors (Lipinski definition) is 1. The first kappa shape index (κ1) is 11.3. The van der Waals surface area contributed by atoms with Gasteiger partial charge in [-0.25, -0.2) is 0 Å². The van der Waals surface area contributed by atoms with Crippen LogP contribution in [0.25, 0.3) is 6.08 Å². The molecule has 0 amide bonds. The van der Waals surface area contributed by atoms with Crippen molar-refractivity contribution in [2.24, 2.45) is 0 Å². The molecule has 0 bridgehead atoms. The van der Waals surface area contributed by atoms with Gasteiger partial charge in [-0.15, -0.1) is 0 Å². The van der Waals surface area contributed by atoms with Gasteiger partial charge in [0.05, 0.1) is 0 Å². The highest BCUT2D eigenvalue weighted by molar-refractivity contribution is 6.30. The quantitative estimate of drug-likeness (QED) is 0.811. The lowest BCUT2D eigenvalue weighted by atomic mass is 10.0. The summed E-state index contributed by atoms with van der Waals surface area (Å²) < 4.78 is 0. The van der Waals surface area contributed by atoms with Gasteiger partial charge in [0.1, 0.15) is 0 Å². The third-order valence-corrected chi connectivity index (χ3v) is 2.36. The van der Waals surface area contributed by atoms with Crippen molar-refractivity contribution in [3.8, 4) is 0 Å². The van der Waals surface area contributed by atoms with Crippen LogP contribution in [0.15, 0.2) is 18.2 Å². The summed E-state index contributed by atoms with van der Waals surface area (Å²) in [5, 5.41) is 9.43. The summed E-state index contributed by atoms with van der Waals surface area (Å²) >= 11 is 5.92. The Labute approximate surface area is 90.0 Å². The topological polar surface area (TPSA) is 20.2 Å². The van der Waals surface area contributed by atoms with E-state index in [-0.39, 0.29) is 6.61 Å². The van der Waals surface area contributed by atoms with E-state index in [0.29, 0.717) is 6.42 Å². The number of rotatable bonds is 3. The molecular formula is C12H15ClO. The van der Waals surface area contributed by atoms with Crippen LogP contribution in [0.5, 0.6) is 0 Å². The lowest BCUT2D eigenvalue weighted by molar-refractivity contribution is 0.303. The summed E-state index contributed by atoms with van der Waals surface area (Å²) in [6.07, 6.45) is 4.71. The third kappa shape index (κ3) is 2.86. The van der Waals surface area contributed by atoms with Gasteiger partial charge in [0.25, 0.3) is 0 Å². The maximum Gasteiger partial charge on any atom is 0.0465 e. The van der Waals surface area contributed by atoms with Crippen molar-refractivity contribution in [3.05, 3.63) is 39.9 Å². The molecule has 0 radical (unpaired) electrons. The normalized spacial score (nSPS) is 11.1. The Morgan fingerprint density at radius 1 is 1.29 bits per heavy atom. The second-order valence-corrected chi connectivity index (χ2v) is 3.80. The molecule has 1 rings (SSSR count). The Bertz CT molecular complexity index is 319. The molecule has 0 aromatic heterocycles. The van der Waals surface area contributed by atoms with Crippen molar-refractivity contribution < 1.29 is 5.11 Å². The fourth-order valence-corrected chi connectivity index (χ4v) is 1.79. The Hall–Kier alpha value is -0.790. The SMILES string of the molecule is Cc1cc(Cl)cc(C)c1C=CCCO. The second-order valence-electron chi connectivity index (χ2n) is 3.37. The molecule has 0 fully saturated rings. The van der Waals surface area contributed by atoms with E-state index < -0.39 is 0 Å². The largest absolute Gasteiger partial charge is 0.396 e. The van der Waals surface area contributed by atoms with Crippen molar-refractivity contribution in [2.45, 2.75) is 20.3 Å². The van der Waals surface area contributed by atoms with Crippen LogP contribution in [0.1, 0.15) is 23.1 Å². The van der Waals surface area contributed by atoms with E-state index in [0.717, 1.165) is 5.02 Å². The molecule has 1 aromatic carbocycles. The lowest BCUT2D eigenvalue weighted by Gasteiger charge is -2.05. The van der Waals surface area contributed by atoms with Gasteiger partial charge < -0.3 is 5.11 Å². The standard InChI is InChI=1S/C12H15ClO/c1-9-7-11(13)8-10(2)12(9)5-3-4-6-14/h3,5,7-8,14H,4,6H2,1-2H3. The van der Waals surface area contributed by atoms with Crippen molar-refractivity contribution >= 4 is 17.7 Å². The molecule has 1 aromatic rings. The first-order chi connectivity index (χ1) is 6.65. The lowest BCUT2D eigenvalue weighted by Crippen LogP contribution is -1.86. The van der Waals surface area contributed by atoms with Gasteiger partial charge in [-0.05, 0) is 49.1 Å². The highest BCUT2D eigenvalue weighted by atomic mass is 35.5. The minimum absolute atomic E-state index is 0.197. The molecule has 76 valence electrons. The summed E-state index contributed by atoms with van der Waals surface area (Å²) in [5.41, 5.74) is 3.54. The van der Waals surface area contributed by atoms with Crippen LogP contribution < -0.4 is 0 Å². The van der Waals surface area contributed by atoms with E-state index in [1.54, 1.807) is 0 Å². The number of halogens is 1. The average molecular weight is 211 g/mol. The smallest absolute Gasteiger partial charge is 0.0465 e. The molecule has 0 aliphatic rings. The minimum Gasteiger partial charge on any atom is -0.396 e. The first-order valence-electron chi connectivity index (χ1n) is 4.69. The summed E-state index contributed by atoms with van der Waals surface area (Å²) in [4.78, 5) is 0. The molecule has 2 heteroatoms. The van der Waals surface area contributed by atoms with Gasteiger partial charge in [0, 0.05) is 11.6 Å². The van der Waals surface area contributed by atoms with E-state index in [9.17, 15) is 0 Å². The minimum atomic E-state index is 0.197. The molecule has 14 heavy (non-hydrogen) atoms. The van der Waals surface area contributed by atoms with Crippen LogP contribution in [0.2, 0.25) is 5.02 Å². The number of aliphatic hydroxyl groups excluding tert-OH is 1. The molecule has 0 atom stereocenters. The monoisotopic (exact) mass is 210 g/mol. The number of benzene rings is 1. The Kier molecular flexibility index (Phi) is 4.18. The summed E-state index contributed by atoms with van der Waals surface area (Å²) in [6, 6.07) is 3.90. The second kappa shape index (κ2) is 5.18. The average Bonchev–Trinajstić information content (AvgIpc) is 2.09. The number of aliphatic hydroxyl groups is 1. The third-order valence-electron chi connectivity index (χ3n) is 2.14. The zero-order chi connectivity index (χ0) is 10.6. The summed E-state index contributed by atoms with van der Waals surface area (Å²) in [6.45, 7) is 4.27. The fraction of sp³-hybridized carbons (Fsp3) is 0.333. The van der Waals surface area contributed by atoms with Gasteiger partial charge in [-0.1, -0.05) is 23.8 Å². The van der Waals surface area contributed by atoms with Crippen LogP contribution in [-0.2, 0) is 0 Å². The van der Waals surface area contributed by atoms with E-state index in [1.807, 2.05) is 38.1 Å². The zero-order valence-electron chi connectivity index (χ0n) is 8.55. The van der Waals surface area contributed by atoms with Crippen molar-refractivity contribution in [2.75, 3.05) is 6.61 Å². The van der Waals surface area contributed by atoms with E-state index in [4.69, 9.17) is 16.7 Å². The molecule has 0 spiro atoms. The Balaban J connectivity index is 2.96. The van der Waals surface area contributed by atoms with E-state index in [2.05, 4.69) is 0 Å². The van der Waals surface area contributed by atoms with Crippen LogP contribution in [0, 0.1) is 13.8 Å². The fourth-order valence-electron chi connectivity index (χ4n) is 1.46. The van der Waals surface area contributed by atoms with Crippen LogP contribution in [-0.4, -0.2) is 11.7 Å². The molecule has 0 unspecified atom stereocenters. The van der Waals surface area contributed by atoms with Gasteiger partial charge in [0.15, 0.2) is 0 Å². The molecule has 0 aliphatic heterocycles. The Morgan fingerprint density at radius 2 is 1.86 bits per heavy atom. The molecular weight excluding hydrogens is 196 g/mol. The maximum atomic E-state index is 8.65. The first-order valence-corrected chi connectivity index (χ1v) is 5.07. The van der Waals surface area contributed by atoms with Gasteiger partial charge in [0.2, 0.25) is 0 Å². The summed E-state index contributed by atoms with van der Waals surface area (Å²) in [5.74, 6) is 0. The number of hydrogen-bond donors (Lipinski definition) is 1. The van der Waals surface area contributed by atoms with Gasteiger partial charge in [-0.2, -0.15) is 0 Å².